The zero-order valence-corrected chi connectivity index (χ0v) is 12.1. The molecule has 0 aliphatic carbocycles. The van der Waals surface area contributed by atoms with Crippen LogP contribution in [-0.2, 0) is 0 Å². The Balaban J connectivity index is 2.20. The van der Waals surface area contributed by atoms with Gasteiger partial charge >= 0.3 is 5.97 Å². The summed E-state index contributed by atoms with van der Waals surface area (Å²) in [5, 5.41) is 9.22. The summed E-state index contributed by atoms with van der Waals surface area (Å²) in [4.78, 5) is 14.8. The van der Waals surface area contributed by atoms with Gasteiger partial charge in [-0.1, -0.05) is 23.7 Å². The standard InChI is InChI=1S/C16H12ClFN2O2/c17-12-4-5-15(13(18)9-12)20-7-6-14(19)10-2-1-3-11(8-10)16(21)22/h1-9H,19H2,(H,21,22). The SMILES string of the molecule is NC(=CC=Nc1ccc(Cl)cc1F)c1cccc(C(=O)O)c1. The van der Waals surface area contributed by atoms with Crippen LogP contribution in [0.15, 0.2) is 53.5 Å². The summed E-state index contributed by atoms with van der Waals surface area (Å²) in [7, 11) is 0. The van der Waals surface area contributed by atoms with E-state index in [9.17, 15) is 9.18 Å². The quantitative estimate of drug-likeness (QED) is 0.840. The van der Waals surface area contributed by atoms with E-state index in [2.05, 4.69) is 4.99 Å². The lowest BCUT2D eigenvalue weighted by atomic mass is 10.1. The molecule has 0 amide bonds. The maximum atomic E-state index is 13.5. The lowest BCUT2D eigenvalue weighted by Gasteiger charge is -2.02. The Kier molecular flexibility index (Phi) is 4.91. The van der Waals surface area contributed by atoms with Crippen LogP contribution in [0, 0.1) is 5.82 Å². The van der Waals surface area contributed by atoms with E-state index in [0.717, 1.165) is 6.07 Å². The van der Waals surface area contributed by atoms with E-state index in [-0.39, 0.29) is 16.3 Å². The third kappa shape index (κ3) is 3.93. The van der Waals surface area contributed by atoms with Crippen molar-refractivity contribution in [2.24, 2.45) is 10.7 Å². The molecule has 0 fully saturated rings. The van der Waals surface area contributed by atoms with Crippen LogP contribution in [-0.4, -0.2) is 17.3 Å². The Hall–Kier alpha value is -2.66. The normalized spacial score (nSPS) is 11.8. The van der Waals surface area contributed by atoms with Gasteiger partial charge in [0, 0.05) is 16.9 Å². The first kappa shape index (κ1) is 15.7. The van der Waals surface area contributed by atoms with Crippen LogP contribution < -0.4 is 5.73 Å². The first-order chi connectivity index (χ1) is 10.5. The van der Waals surface area contributed by atoms with Gasteiger partial charge < -0.3 is 10.8 Å². The highest BCUT2D eigenvalue weighted by molar-refractivity contribution is 6.30. The smallest absolute Gasteiger partial charge is 0.335 e. The number of carbonyl (C=O) groups is 1. The molecule has 2 aromatic carbocycles. The minimum Gasteiger partial charge on any atom is -0.478 e. The van der Waals surface area contributed by atoms with Gasteiger partial charge in [0.2, 0.25) is 0 Å². The highest BCUT2D eigenvalue weighted by Gasteiger charge is 2.04. The second kappa shape index (κ2) is 6.87. The van der Waals surface area contributed by atoms with Crippen LogP contribution in [0.25, 0.3) is 5.70 Å². The van der Waals surface area contributed by atoms with Crippen molar-refractivity contribution in [3.05, 3.63) is 70.5 Å². The van der Waals surface area contributed by atoms with Gasteiger partial charge in [0.05, 0.1) is 11.3 Å². The summed E-state index contributed by atoms with van der Waals surface area (Å²) in [5.41, 5.74) is 6.98. The van der Waals surface area contributed by atoms with E-state index < -0.39 is 11.8 Å². The molecular formula is C16H12ClFN2O2. The Morgan fingerprint density at radius 3 is 2.64 bits per heavy atom. The van der Waals surface area contributed by atoms with E-state index in [4.69, 9.17) is 22.4 Å². The maximum absolute atomic E-state index is 13.5. The molecule has 6 heteroatoms. The van der Waals surface area contributed by atoms with E-state index in [1.807, 2.05) is 0 Å². The van der Waals surface area contributed by atoms with Crippen LogP contribution in [0.1, 0.15) is 15.9 Å². The molecule has 0 heterocycles. The molecule has 0 bridgehead atoms. The Morgan fingerprint density at radius 2 is 1.95 bits per heavy atom. The molecule has 22 heavy (non-hydrogen) atoms. The number of benzene rings is 2. The molecule has 0 aromatic heterocycles. The molecule has 112 valence electrons. The first-order valence-electron chi connectivity index (χ1n) is 6.26. The zero-order chi connectivity index (χ0) is 16.1. The summed E-state index contributed by atoms with van der Waals surface area (Å²) < 4.78 is 13.5. The van der Waals surface area contributed by atoms with Gasteiger partial charge in [-0.15, -0.1) is 0 Å². The Bertz CT molecular complexity index is 772. The second-order valence-corrected chi connectivity index (χ2v) is 4.82. The molecule has 0 saturated heterocycles. The molecule has 0 atom stereocenters. The fourth-order valence-corrected chi connectivity index (χ4v) is 1.87. The number of nitrogens with two attached hydrogens (primary N) is 1. The maximum Gasteiger partial charge on any atom is 0.335 e. The number of rotatable bonds is 4. The van der Waals surface area contributed by atoms with Gasteiger partial charge in [-0.2, -0.15) is 0 Å². The van der Waals surface area contributed by atoms with Crippen molar-refractivity contribution in [1.82, 2.24) is 0 Å². The van der Waals surface area contributed by atoms with E-state index in [1.165, 1.54) is 36.6 Å². The number of carboxylic acids is 1. The lowest BCUT2D eigenvalue weighted by molar-refractivity contribution is 0.0697. The number of hydrogen-bond acceptors (Lipinski definition) is 3. The monoisotopic (exact) mass is 318 g/mol. The summed E-state index contributed by atoms with van der Waals surface area (Å²) in [6, 6.07) is 10.3. The van der Waals surface area contributed by atoms with Crippen molar-refractivity contribution in [2.75, 3.05) is 0 Å². The third-order valence-corrected chi connectivity index (χ3v) is 3.06. The number of carboxylic acid groups (broad SMARTS) is 1. The molecule has 0 radical (unpaired) electrons. The van der Waals surface area contributed by atoms with Gasteiger partial charge in [0.15, 0.2) is 0 Å². The second-order valence-electron chi connectivity index (χ2n) is 4.38. The van der Waals surface area contributed by atoms with Crippen molar-refractivity contribution in [1.29, 1.82) is 0 Å². The summed E-state index contributed by atoms with van der Waals surface area (Å²) in [6.07, 6.45) is 2.81. The van der Waals surface area contributed by atoms with Crippen molar-refractivity contribution in [3.8, 4) is 0 Å². The van der Waals surface area contributed by atoms with Gasteiger partial charge in [-0.25, -0.2) is 9.18 Å². The fraction of sp³-hybridized carbons (Fsp3) is 0. The fourth-order valence-electron chi connectivity index (χ4n) is 1.71. The molecule has 0 spiro atoms. The molecule has 0 unspecified atom stereocenters. The zero-order valence-electron chi connectivity index (χ0n) is 11.3. The van der Waals surface area contributed by atoms with Crippen molar-refractivity contribution < 1.29 is 14.3 Å². The molecule has 2 rings (SSSR count). The third-order valence-electron chi connectivity index (χ3n) is 2.82. The minimum atomic E-state index is -1.04. The average molecular weight is 319 g/mol. The van der Waals surface area contributed by atoms with Crippen LogP contribution >= 0.6 is 11.6 Å². The largest absolute Gasteiger partial charge is 0.478 e. The number of aliphatic imine (C=N–C) groups is 1. The topological polar surface area (TPSA) is 75.7 Å². The minimum absolute atomic E-state index is 0.132. The highest BCUT2D eigenvalue weighted by atomic mass is 35.5. The number of allylic oxidation sites excluding steroid dienone is 1. The predicted octanol–water partition coefficient (Wildman–Crippen LogP) is 3.88. The molecular weight excluding hydrogens is 307 g/mol. The lowest BCUT2D eigenvalue weighted by Crippen LogP contribution is -2.01. The Morgan fingerprint density at radius 1 is 1.23 bits per heavy atom. The summed E-state index contributed by atoms with van der Waals surface area (Å²) in [5.74, 6) is -1.57. The molecule has 2 aromatic rings. The Labute approximate surface area is 131 Å². The molecule has 0 aliphatic rings. The first-order valence-corrected chi connectivity index (χ1v) is 6.64. The molecule has 0 aliphatic heterocycles. The average Bonchev–Trinajstić information content (AvgIpc) is 2.49. The molecule has 4 nitrogen and oxygen atoms in total. The van der Waals surface area contributed by atoms with Crippen LogP contribution in [0.4, 0.5) is 10.1 Å². The van der Waals surface area contributed by atoms with Gasteiger partial charge in [0.25, 0.3) is 0 Å². The molecule has 3 N–H and O–H groups in total. The van der Waals surface area contributed by atoms with E-state index in [0.29, 0.717) is 11.3 Å². The molecule has 0 saturated carbocycles. The van der Waals surface area contributed by atoms with Gasteiger partial charge in [-0.3, -0.25) is 4.99 Å². The highest BCUT2D eigenvalue weighted by Crippen LogP contribution is 2.21. The number of nitrogens with zero attached hydrogens (tertiary/aromatic N) is 1. The van der Waals surface area contributed by atoms with Crippen molar-refractivity contribution in [2.45, 2.75) is 0 Å². The summed E-state index contributed by atoms with van der Waals surface area (Å²) in [6.45, 7) is 0. The van der Waals surface area contributed by atoms with Crippen LogP contribution in [0.3, 0.4) is 0 Å². The predicted molar refractivity (Wildman–Crippen MR) is 85.1 cm³/mol. The van der Waals surface area contributed by atoms with Crippen molar-refractivity contribution >= 4 is 35.2 Å². The number of hydrogen-bond donors (Lipinski definition) is 2. The number of aromatic carboxylic acids is 1. The van der Waals surface area contributed by atoms with Gasteiger partial charge in [-0.05, 0) is 42.0 Å². The van der Waals surface area contributed by atoms with E-state index >= 15 is 0 Å². The van der Waals surface area contributed by atoms with Crippen LogP contribution in [0.2, 0.25) is 5.02 Å². The van der Waals surface area contributed by atoms with E-state index in [1.54, 1.807) is 12.1 Å². The number of halogens is 2. The summed E-state index contributed by atoms with van der Waals surface area (Å²) >= 11 is 5.65. The van der Waals surface area contributed by atoms with Crippen molar-refractivity contribution in [3.63, 3.8) is 0 Å². The van der Waals surface area contributed by atoms with Crippen LogP contribution in [0.5, 0.6) is 0 Å². The van der Waals surface area contributed by atoms with Gasteiger partial charge in [0.1, 0.15) is 5.82 Å².